The van der Waals surface area contributed by atoms with Gasteiger partial charge in [0.2, 0.25) is 5.91 Å². The molecule has 0 N–H and O–H groups in total. The Bertz CT molecular complexity index is 646. The summed E-state index contributed by atoms with van der Waals surface area (Å²) in [6.07, 6.45) is 6.01. The highest BCUT2D eigenvalue weighted by Crippen LogP contribution is 2.25. The van der Waals surface area contributed by atoms with Gasteiger partial charge in [-0.1, -0.05) is 24.3 Å². The molecule has 1 aromatic carbocycles. The molecule has 24 heavy (non-hydrogen) atoms. The van der Waals surface area contributed by atoms with E-state index in [1.807, 2.05) is 40.0 Å². The molecule has 0 bridgehead atoms. The number of benzene rings is 1. The maximum absolute atomic E-state index is 12.6. The minimum absolute atomic E-state index is 0.205. The van der Waals surface area contributed by atoms with Gasteiger partial charge in [0.25, 0.3) is 0 Å². The highest BCUT2D eigenvalue weighted by molar-refractivity contribution is 5.77. The molecule has 1 fully saturated rings. The highest BCUT2D eigenvalue weighted by Gasteiger charge is 2.25. The Morgan fingerprint density at radius 2 is 2.00 bits per heavy atom. The van der Waals surface area contributed by atoms with Crippen LogP contribution in [-0.2, 0) is 4.79 Å². The number of nitrogens with zero attached hydrogens (tertiary/aromatic N) is 4. The van der Waals surface area contributed by atoms with Crippen LogP contribution in [0.25, 0.3) is 0 Å². The van der Waals surface area contributed by atoms with Crippen LogP contribution in [0.1, 0.15) is 43.7 Å². The Morgan fingerprint density at radius 3 is 2.58 bits per heavy atom. The summed E-state index contributed by atoms with van der Waals surface area (Å²) in [5, 5.41) is 7.93. The van der Waals surface area contributed by atoms with Crippen LogP contribution in [0.15, 0.2) is 36.7 Å². The molecule has 0 unspecified atom stereocenters. The van der Waals surface area contributed by atoms with E-state index in [0.29, 0.717) is 12.5 Å². The second kappa shape index (κ2) is 7.47. The van der Waals surface area contributed by atoms with E-state index in [2.05, 4.69) is 17.2 Å². The molecule has 0 spiro atoms. The molecule has 0 radical (unpaired) electrons. The SMILES string of the molecule is COc1ccc([C@@H](C)CC(=O)N2CCC(n3ccnn3)CC2)cc1. The van der Waals surface area contributed by atoms with Gasteiger partial charge < -0.3 is 9.64 Å². The molecule has 1 saturated heterocycles. The van der Waals surface area contributed by atoms with Gasteiger partial charge in [0.05, 0.1) is 19.3 Å². The molecule has 3 rings (SSSR count). The lowest BCUT2D eigenvalue weighted by atomic mass is 9.96. The highest BCUT2D eigenvalue weighted by atomic mass is 16.5. The van der Waals surface area contributed by atoms with Crippen molar-refractivity contribution in [1.29, 1.82) is 0 Å². The van der Waals surface area contributed by atoms with Crippen LogP contribution in [0.4, 0.5) is 0 Å². The van der Waals surface area contributed by atoms with Gasteiger partial charge in [0.1, 0.15) is 5.75 Å². The number of hydrogen-bond acceptors (Lipinski definition) is 4. The number of hydrogen-bond donors (Lipinski definition) is 0. The summed E-state index contributed by atoms with van der Waals surface area (Å²) >= 11 is 0. The number of piperidine rings is 1. The van der Waals surface area contributed by atoms with Crippen LogP contribution in [0, 0.1) is 0 Å². The molecule has 6 nitrogen and oxygen atoms in total. The van der Waals surface area contributed by atoms with Crippen LogP contribution in [-0.4, -0.2) is 46.0 Å². The predicted octanol–water partition coefficient (Wildman–Crippen LogP) is 2.64. The van der Waals surface area contributed by atoms with Crippen LogP contribution < -0.4 is 4.74 Å². The van der Waals surface area contributed by atoms with Crippen molar-refractivity contribution in [3.8, 4) is 5.75 Å². The molecule has 2 heterocycles. The first-order valence-electron chi connectivity index (χ1n) is 8.45. The number of methoxy groups -OCH3 is 1. The fourth-order valence-corrected chi connectivity index (χ4v) is 3.23. The average molecular weight is 328 g/mol. The summed E-state index contributed by atoms with van der Waals surface area (Å²) in [5.41, 5.74) is 1.17. The van der Waals surface area contributed by atoms with E-state index in [4.69, 9.17) is 4.74 Å². The van der Waals surface area contributed by atoms with Gasteiger partial charge in [-0.15, -0.1) is 5.10 Å². The molecule has 1 amide bonds. The van der Waals surface area contributed by atoms with Gasteiger partial charge in [-0.3, -0.25) is 4.79 Å². The van der Waals surface area contributed by atoms with E-state index in [0.717, 1.165) is 31.7 Å². The average Bonchev–Trinajstić information content (AvgIpc) is 3.16. The Balaban J connectivity index is 1.51. The summed E-state index contributed by atoms with van der Waals surface area (Å²) in [7, 11) is 1.66. The Labute approximate surface area is 142 Å². The lowest BCUT2D eigenvalue weighted by molar-refractivity contribution is -0.132. The number of amides is 1. The van der Waals surface area contributed by atoms with Crippen LogP contribution >= 0.6 is 0 Å². The zero-order valence-corrected chi connectivity index (χ0v) is 14.3. The zero-order chi connectivity index (χ0) is 16.9. The lowest BCUT2D eigenvalue weighted by Crippen LogP contribution is -2.39. The topological polar surface area (TPSA) is 60.2 Å². The van der Waals surface area contributed by atoms with Crippen molar-refractivity contribution in [3.05, 3.63) is 42.2 Å². The molecule has 1 aromatic heterocycles. The van der Waals surface area contributed by atoms with Crippen LogP contribution in [0.5, 0.6) is 5.75 Å². The fraction of sp³-hybridized carbons (Fsp3) is 0.500. The molecule has 0 aliphatic carbocycles. The minimum atomic E-state index is 0.205. The second-order valence-corrected chi connectivity index (χ2v) is 6.37. The monoisotopic (exact) mass is 328 g/mol. The minimum Gasteiger partial charge on any atom is -0.497 e. The van der Waals surface area contributed by atoms with Gasteiger partial charge in [-0.05, 0) is 36.5 Å². The maximum Gasteiger partial charge on any atom is 0.223 e. The van der Waals surface area contributed by atoms with Gasteiger partial charge in [-0.25, -0.2) is 4.68 Å². The second-order valence-electron chi connectivity index (χ2n) is 6.37. The quantitative estimate of drug-likeness (QED) is 0.846. The third-order valence-electron chi connectivity index (χ3n) is 4.80. The Hall–Kier alpha value is -2.37. The third-order valence-corrected chi connectivity index (χ3v) is 4.80. The smallest absolute Gasteiger partial charge is 0.223 e. The van der Waals surface area contributed by atoms with E-state index >= 15 is 0 Å². The van der Waals surface area contributed by atoms with E-state index in [1.165, 1.54) is 5.56 Å². The van der Waals surface area contributed by atoms with Crippen molar-refractivity contribution in [2.45, 2.75) is 38.1 Å². The fourth-order valence-electron chi connectivity index (χ4n) is 3.23. The number of carbonyl (C=O) groups is 1. The number of ether oxygens (including phenoxy) is 1. The normalized spacial score (nSPS) is 16.8. The summed E-state index contributed by atoms with van der Waals surface area (Å²) in [6, 6.07) is 8.32. The van der Waals surface area contributed by atoms with Crippen LogP contribution in [0.3, 0.4) is 0 Å². The van der Waals surface area contributed by atoms with Crippen molar-refractivity contribution >= 4 is 5.91 Å². The molecule has 1 atom stereocenters. The first kappa shape index (κ1) is 16.5. The number of carbonyl (C=O) groups excluding carboxylic acids is 1. The van der Waals surface area contributed by atoms with Gasteiger partial charge in [0, 0.05) is 25.7 Å². The van der Waals surface area contributed by atoms with Crippen molar-refractivity contribution in [2.75, 3.05) is 20.2 Å². The van der Waals surface area contributed by atoms with E-state index in [9.17, 15) is 4.79 Å². The summed E-state index contributed by atoms with van der Waals surface area (Å²) in [6.45, 7) is 3.68. The summed E-state index contributed by atoms with van der Waals surface area (Å²) < 4.78 is 7.08. The molecular weight excluding hydrogens is 304 g/mol. The number of likely N-dealkylation sites (tertiary alicyclic amines) is 1. The van der Waals surface area contributed by atoms with Crippen molar-refractivity contribution in [1.82, 2.24) is 19.9 Å². The predicted molar refractivity (Wildman–Crippen MR) is 90.9 cm³/mol. The molecule has 1 aliphatic heterocycles. The molecule has 0 saturated carbocycles. The summed E-state index contributed by atoms with van der Waals surface area (Å²) in [5.74, 6) is 1.28. The van der Waals surface area contributed by atoms with Crippen molar-refractivity contribution < 1.29 is 9.53 Å². The van der Waals surface area contributed by atoms with Gasteiger partial charge in [-0.2, -0.15) is 0 Å². The van der Waals surface area contributed by atoms with E-state index in [1.54, 1.807) is 13.3 Å². The molecular formula is C18H24N4O2. The lowest BCUT2D eigenvalue weighted by Gasteiger charge is -2.32. The van der Waals surface area contributed by atoms with Gasteiger partial charge >= 0.3 is 0 Å². The number of rotatable bonds is 5. The van der Waals surface area contributed by atoms with Crippen LogP contribution in [0.2, 0.25) is 0 Å². The zero-order valence-electron chi connectivity index (χ0n) is 14.3. The van der Waals surface area contributed by atoms with Crippen molar-refractivity contribution in [3.63, 3.8) is 0 Å². The third kappa shape index (κ3) is 3.75. The largest absolute Gasteiger partial charge is 0.497 e. The van der Waals surface area contributed by atoms with Crippen molar-refractivity contribution in [2.24, 2.45) is 0 Å². The standard InChI is InChI=1S/C18H24N4O2/c1-14(15-3-5-17(24-2)6-4-15)13-18(23)21-10-7-16(8-11-21)22-12-9-19-20-22/h3-6,9,12,14,16H,7-8,10-11,13H2,1-2H3/t14-/m0/s1. The Kier molecular flexibility index (Phi) is 5.13. The molecule has 128 valence electrons. The van der Waals surface area contributed by atoms with E-state index in [-0.39, 0.29) is 11.8 Å². The first-order chi connectivity index (χ1) is 11.7. The summed E-state index contributed by atoms with van der Waals surface area (Å²) in [4.78, 5) is 14.5. The first-order valence-corrected chi connectivity index (χ1v) is 8.45. The molecule has 6 heteroatoms. The maximum atomic E-state index is 12.6. The van der Waals surface area contributed by atoms with Gasteiger partial charge in [0.15, 0.2) is 0 Å². The molecule has 1 aliphatic rings. The number of aromatic nitrogens is 3. The molecule has 2 aromatic rings. The Morgan fingerprint density at radius 1 is 1.29 bits per heavy atom. The van der Waals surface area contributed by atoms with E-state index < -0.39 is 0 Å².